The molecular weight excluding hydrogens is 323 g/mol. The van der Waals surface area contributed by atoms with E-state index >= 15 is 0 Å². The molecule has 1 N–H and O–H groups in total. The third-order valence-corrected chi connectivity index (χ3v) is 4.20. The van der Waals surface area contributed by atoms with Crippen molar-refractivity contribution in [3.8, 4) is 0 Å². The van der Waals surface area contributed by atoms with Gasteiger partial charge in [-0.2, -0.15) is 13.2 Å². The van der Waals surface area contributed by atoms with Crippen molar-refractivity contribution in [2.75, 3.05) is 5.32 Å². The molecule has 2 aromatic rings. The Morgan fingerprint density at radius 2 is 2.05 bits per heavy atom. The molecule has 0 fully saturated rings. The van der Waals surface area contributed by atoms with Gasteiger partial charge in [-0.3, -0.25) is 4.79 Å². The highest BCUT2D eigenvalue weighted by Crippen LogP contribution is 2.36. The van der Waals surface area contributed by atoms with Crippen LogP contribution in [-0.4, -0.2) is 5.91 Å². The molecule has 1 aromatic heterocycles. The minimum Gasteiger partial charge on any atom is -0.322 e. The lowest BCUT2D eigenvalue weighted by Gasteiger charge is -2.11. The molecule has 0 atom stereocenters. The summed E-state index contributed by atoms with van der Waals surface area (Å²) in [5.41, 5.74) is -0.483. The van der Waals surface area contributed by atoms with E-state index in [1.54, 1.807) is 11.4 Å². The van der Waals surface area contributed by atoms with Gasteiger partial charge in [-0.1, -0.05) is 18.5 Å². The zero-order valence-electron chi connectivity index (χ0n) is 10.9. The number of rotatable bonds is 3. The third-order valence-electron chi connectivity index (χ3n) is 2.79. The molecule has 0 aliphatic carbocycles. The zero-order valence-corrected chi connectivity index (χ0v) is 12.5. The first kappa shape index (κ1) is 15.9. The molecule has 0 spiro atoms. The van der Waals surface area contributed by atoms with E-state index in [1.165, 1.54) is 17.4 Å². The topological polar surface area (TPSA) is 29.1 Å². The number of carbonyl (C=O) groups is 1. The van der Waals surface area contributed by atoms with Crippen LogP contribution in [0.25, 0.3) is 0 Å². The van der Waals surface area contributed by atoms with E-state index < -0.39 is 22.7 Å². The molecule has 1 amide bonds. The summed E-state index contributed by atoms with van der Waals surface area (Å²) in [5, 5.41) is 3.72. The Balaban J connectivity index is 2.21. The molecule has 0 bridgehead atoms. The summed E-state index contributed by atoms with van der Waals surface area (Å²) < 4.78 is 38.2. The van der Waals surface area contributed by atoms with E-state index in [4.69, 9.17) is 11.6 Å². The van der Waals surface area contributed by atoms with E-state index in [1.807, 2.05) is 6.92 Å². The van der Waals surface area contributed by atoms with E-state index in [-0.39, 0.29) is 5.69 Å². The summed E-state index contributed by atoms with van der Waals surface area (Å²) in [6.45, 7) is 1.96. The van der Waals surface area contributed by atoms with Gasteiger partial charge in [0.2, 0.25) is 0 Å². The van der Waals surface area contributed by atoms with E-state index in [9.17, 15) is 18.0 Å². The first-order valence-corrected chi connectivity index (χ1v) is 7.32. The van der Waals surface area contributed by atoms with Crippen molar-refractivity contribution in [2.24, 2.45) is 0 Å². The first-order chi connectivity index (χ1) is 9.81. The predicted octanol–water partition coefficient (Wildman–Crippen LogP) is 5.24. The summed E-state index contributed by atoms with van der Waals surface area (Å²) in [7, 11) is 0. The van der Waals surface area contributed by atoms with Crippen LogP contribution in [0.4, 0.5) is 18.9 Å². The number of nitrogens with one attached hydrogen (secondary N) is 1. The van der Waals surface area contributed by atoms with Gasteiger partial charge in [0, 0.05) is 15.9 Å². The van der Waals surface area contributed by atoms with Crippen LogP contribution in [0.2, 0.25) is 5.02 Å². The van der Waals surface area contributed by atoms with Gasteiger partial charge in [0.1, 0.15) is 0 Å². The average molecular weight is 334 g/mol. The van der Waals surface area contributed by atoms with Crippen molar-refractivity contribution in [2.45, 2.75) is 19.5 Å². The molecule has 2 nitrogen and oxygen atoms in total. The maximum atomic E-state index is 12.7. The summed E-state index contributed by atoms with van der Waals surface area (Å²) in [6, 6.07) is 5.00. The van der Waals surface area contributed by atoms with Crippen LogP contribution in [0.5, 0.6) is 0 Å². The number of hydrogen-bond donors (Lipinski definition) is 1. The molecular formula is C14H11ClF3NOS. The second-order valence-electron chi connectivity index (χ2n) is 4.30. The quantitative estimate of drug-likeness (QED) is 0.818. The highest BCUT2D eigenvalue weighted by atomic mass is 35.5. The monoisotopic (exact) mass is 333 g/mol. The number of hydrogen-bond acceptors (Lipinski definition) is 2. The Hall–Kier alpha value is -1.53. The molecule has 7 heteroatoms. The summed E-state index contributed by atoms with van der Waals surface area (Å²) in [4.78, 5) is 13.0. The molecule has 0 unspecified atom stereocenters. The third kappa shape index (κ3) is 3.77. The molecule has 1 aromatic carbocycles. The Morgan fingerprint density at radius 1 is 1.33 bits per heavy atom. The fourth-order valence-corrected chi connectivity index (χ4v) is 2.75. The number of aryl methyl sites for hydroxylation is 1. The molecule has 0 saturated carbocycles. The summed E-state index contributed by atoms with van der Waals surface area (Å²) >= 11 is 6.96. The molecule has 1 heterocycles. The standard InChI is InChI=1S/C14H11ClF3NOS/c1-2-10-5-8(7-21-10)13(20)19-9-3-4-12(15)11(6-9)14(16,17)18/h3-7H,2H2,1H3,(H,19,20). The van der Waals surface area contributed by atoms with Gasteiger partial charge >= 0.3 is 6.18 Å². The highest BCUT2D eigenvalue weighted by molar-refractivity contribution is 7.10. The second kappa shape index (κ2) is 6.07. The SMILES string of the molecule is CCc1cc(C(=O)Nc2ccc(Cl)c(C(F)(F)F)c2)cs1. The Bertz CT molecular complexity index is 666. The minimum atomic E-state index is -4.56. The normalized spacial score (nSPS) is 11.5. The number of amides is 1. The fourth-order valence-electron chi connectivity index (χ4n) is 1.71. The summed E-state index contributed by atoms with van der Waals surface area (Å²) in [5.74, 6) is -0.443. The van der Waals surface area contributed by atoms with Crippen molar-refractivity contribution in [1.82, 2.24) is 0 Å². The van der Waals surface area contributed by atoms with Crippen LogP contribution < -0.4 is 5.32 Å². The van der Waals surface area contributed by atoms with E-state index in [0.29, 0.717) is 5.56 Å². The van der Waals surface area contributed by atoms with Crippen LogP contribution in [0, 0.1) is 0 Å². The zero-order chi connectivity index (χ0) is 15.6. The van der Waals surface area contributed by atoms with Crippen molar-refractivity contribution in [3.05, 3.63) is 50.7 Å². The van der Waals surface area contributed by atoms with Crippen molar-refractivity contribution in [1.29, 1.82) is 0 Å². The lowest BCUT2D eigenvalue weighted by atomic mass is 10.2. The smallest absolute Gasteiger partial charge is 0.322 e. The van der Waals surface area contributed by atoms with Gasteiger partial charge in [-0.05, 0) is 30.7 Å². The van der Waals surface area contributed by atoms with Crippen LogP contribution in [-0.2, 0) is 12.6 Å². The lowest BCUT2D eigenvalue weighted by Crippen LogP contribution is -2.12. The number of carbonyl (C=O) groups excluding carboxylic acids is 1. The fraction of sp³-hybridized carbons (Fsp3) is 0.214. The van der Waals surface area contributed by atoms with E-state index in [0.717, 1.165) is 23.4 Å². The maximum Gasteiger partial charge on any atom is 0.417 e. The molecule has 112 valence electrons. The summed E-state index contributed by atoms with van der Waals surface area (Å²) in [6.07, 6.45) is -3.76. The van der Waals surface area contributed by atoms with Gasteiger partial charge in [-0.25, -0.2) is 0 Å². The van der Waals surface area contributed by atoms with Gasteiger partial charge in [-0.15, -0.1) is 11.3 Å². The number of anilines is 1. The number of thiophene rings is 1. The van der Waals surface area contributed by atoms with Crippen LogP contribution in [0.3, 0.4) is 0 Å². The molecule has 0 radical (unpaired) electrons. The molecule has 0 saturated heterocycles. The van der Waals surface area contributed by atoms with Crippen molar-refractivity contribution < 1.29 is 18.0 Å². The largest absolute Gasteiger partial charge is 0.417 e. The number of benzene rings is 1. The highest BCUT2D eigenvalue weighted by Gasteiger charge is 2.33. The Labute approximate surface area is 128 Å². The lowest BCUT2D eigenvalue weighted by molar-refractivity contribution is -0.137. The van der Waals surface area contributed by atoms with Gasteiger partial charge in [0.15, 0.2) is 0 Å². The van der Waals surface area contributed by atoms with E-state index in [2.05, 4.69) is 5.32 Å². The van der Waals surface area contributed by atoms with Crippen LogP contribution in [0.15, 0.2) is 29.6 Å². The van der Waals surface area contributed by atoms with Crippen molar-refractivity contribution >= 4 is 34.5 Å². The average Bonchev–Trinajstić information content (AvgIpc) is 2.88. The molecule has 21 heavy (non-hydrogen) atoms. The van der Waals surface area contributed by atoms with Crippen LogP contribution in [0.1, 0.15) is 27.7 Å². The Kier molecular flexibility index (Phi) is 4.58. The van der Waals surface area contributed by atoms with Gasteiger partial charge in [0.05, 0.1) is 16.1 Å². The maximum absolute atomic E-state index is 12.7. The number of alkyl halides is 3. The molecule has 0 aliphatic rings. The Morgan fingerprint density at radius 3 is 2.62 bits per heavy atom. The predicted molar refractivity (Wildman–Crippen MR) is 78.1 cm³/mol. The first-order valence-electron chi connectivity index (χ1n) is 6.06. The van der Waals surface area contributed by atoms with Gasteiger partial charge in [0.25, 0.3) is 5.91 Å². The second-order valence-corrected chi connectivity index (χ2v) is 5.70. The minimum absolute atomic E-state index is 0.0565. The van der Waals surface area contributed by atoms with Crippen molar-refractivity contribution in [3.63, 3.8) is 0 Å². The molecule has 0 aliphatic heterocycles. The number of halogens is 4. The van der Waals surface area contributed by atoms with Crippen LogP contribution >= 0.6 is 22.9 Å². The molecule has 2 rings (SSSR count). The van der Waals surface area contributed by atoms with Gasteiger partial charge < -0.3 is 5.32 Å².